The molecule has 1 unspecified atom stereocenters. The number of hydrogen-bond acceptors (Lipinski definition) is 8. The lowest BCUT2D eigenvalue weighted by Gasteiger charge is -2.21. The number of carbonyl (C=O) groups is 1. The maximum absolute atomic E-state index is 14.1. The van der Waals surface area contributed by atoms with Gasteiger partial charge in [0.05, 0.1) is 34.4 Å². The van der Waals surface area contributed by atoms with Crippen molar-refractivity contribution in [3.05, 3.63) is 99.9 Å². The molecule has 1 atom stereocenters. The molecule has 0 bridgehead atoms. The number of nitrogen functional groups attached to an aromatic ring is 1. The SMILES string of the molecule is CC(NC(=O)c1c(N)nn2c1NCC=C2)c1nc2cccc(C#Cc3cnn(C)c3)c2c(=O)n1Nc1ccccc1. The lowest BCUT2D eigenvalue weighted by Crippen LogP contribution is -2.37. The van der Waals surface area contributed by atoms with Crippen LogP contribution in [0.15, 0.2) is 71.8 Å². The average Bonchev–Trinajstić information content (AvgIpc) is 3.55. The lowest BCUT2D eigenvalue weighted by molar-refractivity contribution is 0.0939. The fraction of sp³-hybridized carbons (Fsp3) is 0.138. The van der Waals surface area contributed by atoms with E-state index >= 15 is 0 Å². The Balaban J connectivity index is 1.43. The fourth-order valence-corrected chi connectivity index (χ4v) is 4.61. The van der Waals surface area contributed by atoms with Crippen LogP contribution in [-0.4, -0.2) is 41.7 Å². The van der Waals surface area contributed by atoms with Gasteiger partial charge in [-0.05, 0) is 37.3 Å². The quantitative estimate of drug-likeness (QED) is 0.246. The van der Waals surface area contributed by atoms with Gasteiger partial charge in [0, 0.05) is 31.6 Å². The van der Waals surface area contributed by atoms with Crippen molar-refractivity contribution in [2.24, 2.45) is 7.05 Å². The number of benzene rings is 2. The summed E-state index contributed by atoms with van der Waals surface area (Å²) in [6, 6.07) is 13.9. The number of nitrogens with two attached hydrogens (primary N) is 1. The van der Waals surface area contributed by atoms with Gasteiger partial charge in [-0.25, -0.2) is 14.3 Å². The van der Waals surface area contributed by atoms with Crippen LogP contribution in [0.3, 0.4) is 0 Å². The molecule has 1 amide bonds. The second-order valence-electron chi connectivity index (χ2n) is 9.46. The molecule has 1 aliphatic rings. The molecule has 0 aliphatic carbocycles. The van der Waals surface area contributed by atoms with E-state index in [4.69, 9.17) is 10.7 Å². The van der Waals surface area contributed by atoms with E-state index in [1.807, 2.05) is 43.5 Å². The summed E-state index contributed by atoms with van der Waals surface area (Å²) in [5.74, 6) is 6.59. The number of anilines is 3. The maximum atomic E-state index is 14.1. The third kappa shape index (κ3) is 4.87. The van der Waals surface area contributed by atoms with Crippen molar-refractivity contribution < 1.29 is 4.79 Å². The highest BCUT2D eigenvalue weighted by Gasteiger charge is 2.26. The van der Waals surface area contributed by atoms with Gasteiger partial charge in [-0.15, -0.1) is 5.10 Å². The van der Waals surface area contributed by atoms with Gasteiger partial charge >= 0.3 is 0 Å². The zero-order valence-electron chi connectivity index (χ0n) is 22.3. The van der Waals surface area contributed by atoms with Crippen molar-refractivity contribution in [1.82, 2.24) is 34.5 Å². The standard InChI is InChI=1S/C29H26N10O2/c1-18(33-28(40)24-25(30)36-38-15-7-14-31-27(24)38)26-34-22-11-6-8-20(13-12-19-16-32-37(2)17-19)23(22)29(41)39(26)35-21-9-4-3-5-10-21/h3-11,15-18,31,35H,14H2,1-2H3,(H2,30,36)(H,33,40). The molecule has 41 heavy (non-hydrogen) atoms. The van der Waals surface area contributed by atoms with Gasteiger partial charge < -0.3 is 16.4 Å². The van der Waals surface area contributed by atoms with Crippen LogP contribution >= 0.6 is 0 Å². The van der Waals surface area contributed by atoms with Gasteiger partial charge in [0.2, 0.25) is 0 Å². The van der Waals surface area contributed by atoms with Gasteiger partial charge in [0.15, 0.2) is 11.6 Å². The Morgan fingerprint density at radius 2 is 1.98 bits per heavy atom. The van der Waals surface area contributed by atoms with Crippen LogP contribution in [0, 0.1) is 11.8 Å². The molecular formula is C29H26N10O2. The molecule has 3 aromatic heterocycles. The van der Waals surface area contributed by atoms with Gasteiger partial charge in [0.1, 0.15) is 11.4 Å². The summed E-state index contributed by atoms with van der Waals surface area (Å²) in [6.07, 6.45) is 7.06. The van der Waals surface area contributed by atoms with E-state index in [9.17, 15) is 9.59 Å². The minimum atomic E-state index is -0.699. The third-order valence-corrected chi connectivity index (χ3v) is 6.52. The molecule has 0 saturated carbocycles. The van der Waals surface area contributed by atoms with Crippen LogP contribution in [0.5, 0.6) is 0 Å². The van der Waals surface area contributed by atoms with E-state index in [-0.39, 0.29) is 16.9 Å². The highest BCUT2D eigenvalue weighted by Crippen LogP contribution is 2.25. The third-order valence-electron chi connectivity index (χ3n) is 6.52. The molecule has 5 aromatic rings. The highest BCUT2D eigenvalue weighted by atomic mass is 16.2. The lowest BCUT2D eigenvalue weighted by atomic mass is 10.1. The topological polar surface area (TPSA) is 150 Å². The Morgan fingerprint density at radius 1 is 1.15 bits per heavy atom. The summed E-state index contributed by atoms with van der Waals surface area (Å²) >= 11 is 0. The van der Waals surface area contributed by atoms with E-state index in [1.54, 1.807) is 48.4 Å². The van der Waals surface area contributed by atoms with E-state index < -0.39 is 11.9 Å². The molecule has 0 fully saturated rings. The Bertz CT molecular complexity index is 1940. The number of hydrogen-bond donors (Lipinski definition) is 4. The molecule has 2 aromatic carbocycles. The zero-order valence-corrected chi connectivity index (χ0v) is 22.3. The first-order valence-corrected chi connectivity index (χ1v) is 12.9. The summed E-state index contributed by atoms with van der Waals surface area (Å²) in [6.45, 7) is 2.29. The number of aryl methyl sites for hydroxylation is 1. The number of fused-ring (bicyclic) bond motifs is 2. The predicted octanol–water partition coefficient (Wildman–Crippen LogP) is 2.57. The number of aromatic nitrogens is 6. The van der Waals surface area contributed by atoms with Crippen LogP contribution in [0.2, 0.25) is 0 Å². The number of rotatable bonds is 5. The van der Waals surface area contributed by atoms with E-state index in [2.05, 4.69) is 38.1 Å². The Kier molecular flexibility index (Phi) is 6.45. The Morgan fingerprint density at radius 3 is 2.76 bits per heavy atom. The number of nitrogens with one attached hydrogen (secondary N) is 3. The van der Waals surface area contributed by atoms with Gasteiger partial charge in [-0.1, -0.05) is 36.1 Å². The minimum Gasteiger partial charge on any atom is -0.381 e. The number of carbonyl (C=O) groups excluding carboxylic acids is 1. The van der Waals surface area contributed by atoms with Crippen molar-refractivity contribution in [1.29, 1.82) is 0 Å². The van der Waals surface area contributed by atoms with Crippen molar-refractivity contribution in [3.63, 3.8) is 0 Å². The Hall–Kier alpha value is -5.83. The number of para-hydroxylation sites is 1. The molecule has 204 valence electrons. The predicted molar refractivity (Wildman–Crippen MR) is 157 cm³/mol. The highest BCUT2D eigenvalue weighted by molar-refractivity contribution is 6.04. The summed E-state index contributed by atoms with van der Waals surface area (Å²) in [4.78, 5) is 32.3. The molecule has 4 heterocycles. The molecule has 0 saturated heterocycles. The molecule has 12 heteroatoms. The summed E-state index contributed by atoms with van der Waals surface area (Å²) in [5.41, 5.74) is 11.5. The van der Waals surface area contributed by atoms with E-state index in [1.165, 1.54) is 9.36 Å². The van der Waals surface area contributed by atoms with Crippen molar-refractivity contribution in [2.45, 2.75) is 13.0 Å². The normalized spacial score (nSPS) is 12.6. The first kappa shape index (κ1) is 25.4. The smallest absolute Gasteiger partial charge is 0.281 e. The minimum absolute atomic E-state index is 0.0897. The molecule has 1 aliphatic heterocycles. The first-order chi connectivity index (χ1) is 19.9. The van der Waals surface area contributed by atoms with Crippen molar-refractivity contribution >= 4 is 40.3 Å². The van der Waals surface area contributed by atoms with Crippen LogP contribution in [0.1, 0.15) is 40.3 Å². The molecule has 5 N–H and O–H groups in total. The average molecular weight is 547 g/mol. The summed E-state index contributed by atoms with van der Waals surface area (Å²) < 4.78 is 4.52. The van der Waals surface area contributed by atoms with Gasteiger partial charge in [-0.2, -0.15) is 5.10 Å². The van der Waals surface area contributed by atoms with Gasteiger partial charge in [-0.3, -0.25) is 19.7 Å². The second-order valence-corrected chi connectivity index (χ2v) is 9.46. The monoisotopic (exact) mass is 546 g/mol. The molecule has 12 nitrogen and oxygen atoms in total. The fourth-order valence-electron chi connectivity index (χ4n) is 4.61. The summed E-state index contributed by atoms with van der Waals surface area (Å²) in [7, 11) is 1.81. The van der Waals surface area contributed by atoms with E-state index in [0.29, 0.717) is 40.3 Å². The van der Waals surface area contributed by atoms with E-state index in [0.717, 1.165) is 5.56 Å². The first-order valence-electron chi connectivity index (χ1n) is 12.9. The molecular weight excluding hydrogens is 520 g/mol. The summed E-state index contributed by atoms with van der Waals surface area (Å²) in [5, 5.41) is 14.8. The van der Waals surface area contributed by atoms with Crippen molar-refractivity contribution in [2.75, 3.05) is 23.0 Å². The Labute approximate surface area is 234 Å². The second kappa shape index (κ2) is 10.4. The van der Waals surface area contributed by atoms with Crippen LogP contribution < -0.4 is 27.4 Å². The number of amides is 1. The van der Waals surface area contributed by atoms with Crippen molar-refractivity contribution in [3.8, 4) is 11.8 Å². The maximum Gasteiger partial charge on any atom is 0.281 e. The molecule has 6 rings (SSSR count). The van der Waals surface area contributed by atoms with Gasteiger partial charge in [0.25, 0.3) is 11.5 Å². The molecule has 0 spiro atoms. The largest absolute Gasteiger partial charge is 0.381 e. The zero-order chi connectivity index (χ0) is 28.5. The van der Waals surface area contributed by atoms with Crippen LogP contribution in [0.25, 0.3) is 17.1 Å². The molecule has 0 radical (unpaired) electrons. The number of nitrogens with zero attached hydrogens (tertiary/aromatic N) is 6. The van der Waals surface area contributed by atoms with Crippen LogP contribution in [-0.2, 0) is 7.05 Å². The van der Waals surface area contributed by atoms with Crippen LogP contribution in [0.4, 0.5) is 17.3 Å².